The van der Waals surface area contributed by atoms with Gasteiger partial charge in [-0.1, -0.05) is 18.2 Å². The number of carbonyl (C=O) groups is 1. The van der Waals surface area contributed by atoms with Gasteiger partial charge in [0.15, 0.2) is 9.84 Å². The van der Waals surface area contributed by atoms with Crippen LogP contribution in [-0.2, 0) is 27.2 Å². The summed E-state index contributed by atoms with van der Waals surface area (Å²) in [5.74, 6) is -2.08. The molecule has 0 saturated carbocycles. The molecule has 0 aromatic heterocycles. The van der Waals surface area contributed by atoms with E-state index in [1.807, 2.05) is 0 Å². The lowest BCUT2D eigenvalue weighted by Crippen LogP contribution is -2.34. The van der Waals surface area contributed by atoms with E-state index in [4.69, 9.17) is 0 Å². The molecule has 0 bridgehead atoms. The Balaban J connectivity index is 2.33. The molecule has 1 aromatic rings. The van der Waals surface area contributed by atoms with Gasteiger partial charge < -0.3 is 5.11 Å². The fraction of sp³-hybridized carbons (Fsp3) is 0.462. The van der Waals surface area contributed by atoms with Crippen LogP contribution in [0.4, 0.5) is 13.2 Å². The van der Waals surface area contributed by atoms with E-state index in [0.717, 1.165) is 12.1 Å². The maximum atomic E-state index is 12.6. The molecule has 1 atom stereocenters. The maximum absolute atomic E-state index is 12.6. The van der Waals surface area contributed by atoms with Gasteiger partial charge in [0.25, 0.3) is 0 Å². The summed E-state index contributed by atoms with van der Waals surface area (Å²) in [6, 6.07) is 4.33. The summed E-state index contributed by atoms with van der Waals surface area (Å²) in [4.78, 5) is 11.4. The van der Waals surface area contributed by atoms with Crippen molar-refractivity contribution in [2.45, 2.75) is 19.0 Å². The predicted octanol–water partition coefficient (Wildman–Crippen LogP) is 2.14. The summed E-state index contributed by atoms with van der Waals surface area (Å²) in [5, 5.41) is 9.30. The molecule has 1 aliphatic rings. The third-order valence-electron chi connectivity index (χ3n) is 3.64. The van der Waals surface area contributed by atoms with E-state index in [0.29, 0.717) is 0 Å². The molecule has 21 heavy (non-hydrogen) atoms. The molecule has 0 spiro atoms. The zero-order chi connectivity index (χ0) is 15.9. The summed E-state index contributed by atoms with van der Waals surface area (Å²) in [6.07, 6.45) is -4.83. The largest absolute Gasteiger partial charge is 0.481 e. The van der Waals surface area contributed by atoms with E-state index in [1.54, 1.807) is 0 Å². The van der Waals surface area contributed by atoms with Crippen LogP contribution >= 0.6 is 0 Å². The molecule has 8 heteroatoms. The van der Waals surface area contributed by atoms with Crippen molar-refractivity contribution >= 4 is 15.8 Å². The van der Waals surface area contributed by atoms with Gasteiger partial charge in [0.05, 0.1) is 22.5 Å². The first kappa shape index (κ1) is 15.8. The number of rotatable bonds is 3. The number of alkyl halides is 3. The number of halogens is 3. The zero-order valence-corrected chi connectivity index (χ0v) is 11.7. The Morgan fingerprint density at radius 3 is 2.48 bits per heavy atom. The Kier molecular flexibility index (Phi) is 3.77. The lowest BCUT2D eigenvalue weighted by Gasteiger charge is -2.22. The van der Waals surface area contributed by atoms with E-state index in [2.05, 4.69) is 0 Å². The molecule has 1 aliphatic heterocycles. The van der Waals surface area contributed by atoms with Crippen molar-refractivity contribution in [1.29, 1.82) is 0 Å². The average molecular weight is 322 g/mol. The number of carboxylic acids is 1. The van der Waals surface area contributed by atoms with Gasteiger partial charge in [-0.05, 0) is 24.5 Å². The zero-order valence-electron chi connectivity index (χ0n) is 10.9. The number of hydrogen-bond donors (Lipinski definition) is 1. The minimum absolute atomic E-state index is 0.0824. The lowest BCUT2D eigenvalue weighted by molar-refractivity contribution is -0.147. The fourth-order valence-electron chi connectivity index (χ4n) is 2.55. The molecular formula is C13H13F3O4S. The summed E-state index contributed by atoms with van der Waals surface area (Å²) >= 11 is 0. The van der Waals surface area contributed by atoms with Crippen molar-refractivity contribution in [2.75, 3.05) is 11.5 Å². The quantitative estimate of drug-likeness (QED) is 0.925. The SMILES string of the molecule is O=C(O)C1(Cc2cccc(C(F)(F)F)c2)CCS(=O)(=O)C1. The smallest absolute Gasteiger partial charge is 0.416 e. The third-order valence-corrected chi connectivity index (χ3v) is 5.46. The normalized spacial score (nSPS) is 24.9. The molecule has 1 heterocycles. The molecule has 0 aliphatic carbocycles. The number of sulfone groups is 1. The van der Waals surface area contributed by atoms with Gasteiger partial charge in [-0.2, -0.15) is 13.2 Å². The monoisotopic (exact) mass is 322 g/mol. The van der Waals surface area contributed by atoms with Crippen LogP contribution in [0.2, 0.25) is 0 Å². The predicted molar refractivity (Wildman–Crippen MR) is 68.5 cm³/mol. The number of aliphatic carboxylic acids is 1. The molecule has 1 saturated heterocycles. The highest BCUT2D eigenvalue weighted by molar-refractivity contribution is 7.91. The second-order valence-corrected chi connectivity index (χ2v) is 7.49. The van der Waals surface area contributed by atoms with Crippen molar-refractivity contribution < 1.29 is 31.5 Å². The minimum atomic E-state index is -4.52. The van der Waals surface area contributed by atoms with Crippen LogP contribution in [0.5, 0.6) is 0 Å². The summed E-state index contributed by atoms with van der Waals surface area (Å²) in [5.41, 5.74) is -2.24. The molecule has 0 radical (unpaired) electrons. The van der Waals surface area contributed by atoms with Crippen LogP contribution in [0.1, 0.15) is 17.5 Å². The van der Waals surface area contributed by atoms with E-state index in [1.165, 1.54) is 12.1 Å². The molecule has 2 rings (SSSR count). The first-order valence-corrected chi connectivity index (χ1v) is 7.96. The van der Waals surface area contributed by atoms with Crippen LogP contribution in [0.25, 0.3) is 0 Å². The van der Waals surface area contributed by atoms with Gasteiger partial charge in [-0.25, -0.2) is 8.42 Å². The molecule has 1 N–H and O–H groups in total. The fourth-order valence-corrected chi connectivity index (χ4v) is 4.61. The van der Waals surface area contributed by atoms with Gasteiger partial charge >= 0.3 is 12.1 Å². The molecular weight excluding hydrogens is 309 g/mol. The maximum Gasteiger partial charge on any atom is 0.416 e. The van der Waals surface area contributed by atoms with Crippen molar-refractivity contribution in [1.82, 2.24) is 0 Å². The van der Waals surface area contributed by atoms with Crippen molar-refractivity contribution in [3.63, 3.8) is 0 Å². The van der Waals surface area contributed by atoms with Gasteiger partial charge in [0, 0.05) is 0 Å². The van der Waals surface area contributed by atoms with Crippen LogP contribution in [0.3, 0.4) is 0 Å². The molecule has 1 fully saturated rings. The Morgan fingerprint density at radius 1 is 1.33 bits per heavy atom. The van der Waals surface area contributed by atoms with Crippen molar-refractivity contribution in [2.24, 2.45) is 5.41 Å². The van der Waals surface area contributed by atoms with Gasteiger partial charge in [-0.15, -0.1) is 0 Å². The molecule has 1 aromatic carbocycles. The second-order valence-electron chi connectivity index (χ2n) is 5.30. The summed E-state index contributed by atoms with van der Waals surface area (Å²) < 4.78 is 61.0. The number of hydrogen-bond acceptors (Lipinski definition) is 3. The summed E-state index contributed by atoms with van der Waals surface area (Å²) in [7, 11) is -3.46. The van der Waals surface area contributed by atoms with Gasteiger partial charge in [0.2, 0.25) is 0 Å². The van der Waals surface area contributed by atoms with E-state index < -0.39 is 38.7 Å². The van der Waals surface area contributed by atoms with Crippen molar-refractivity contribution in [3.8, 4) is 0 Å². The lowest BCUT2D eigenvalue weighted by atomic mass is 9.81. The average Bonchev–Trinajstić information content (AvgIpc) is 2.65. The second kappa shape index (κ2) is 5.01. The third kappa shape index (κ3) is 3.37. The van der Waals surface area contributed by atoms with Gasteiger partial charge in [-0.3, -0.25) is 4.79 Å². The van der Waals surface area contributed by atoms with E-state index in [9.17, 15) is 31.5 Å². The van der Waals surface area contributed by atoms with Crippen molar-refractivity contribution in [3.05, 3.63) is 35.4 Å². The molecule has 1 unspecified atom stereocenters. The molecule has 116 valence electrons. The Hall–Kier alpha value is -1.57. The highest BCUT2D eigenvalue weighted by Gasteiger charge is 2.48. The van der Waals surface area contributed by atoms with Crippen LogP contribution in [-0.4, -0.2) is 31.0 Å². The Morgan fingerprint density at radius 2 is 2.00 bits per heavy atom. The first-order chi connectivity index (χ1) is 9.54. The van der Waals surface area contributed by atoms with Crippen LogP contribution in [0.15, 0.2) is 24.3 Å². The number of carboxylic acid groups (broad SMARTS) is 1. The topological polar surface area (TPSA) is 71.4 Å². The molecule has 0 amide bonds. The standard InChI is InChI=1S/C13H13F3O4S/c14-13(15,16)10-3-1-2-9(6-10)7-12(11(17)18)4-5-21(19,20)8-12/h1-3,6H,4-5,7-8H2,(H,17,18). The molecule has 4 nitrogen and oxygen atoms in total. The number of benzene rings is 1. The highest BCUT2D eigenvalue weighted by atomic mass is 32.2. The van der Waals surface area contributed by atoms with E-state index in [-0.39, 0.29) is 24.2 Å². The van der Waals surface area contributed by atoms with Crippen LogP contribution in [0, 0.1) is 5.41 Å². The van der Waals surface area contributed by atoms with Gasteiger partial charge in [0.1, 0.15) is 0 Å². The Labute approximate surface area is 119 Å². The Bertz CT molecular complexity index is 666. The first-order valence-electron chi connectivity index (χ1n) is 6.14. The minimum Gasteiger partial charge on any atom is -0.481 e. The highest BCUT2D eigenvalue weighted by Crippen LogP contribution is 2.37. The summed E-state index contributed by atoms with van der Waals surface area (Å²) in [6.45, 7) is 0. The van der Waals surface area contributed by atoms with E-state index >= 15 is 0 Å². The van der Waals surface area contributed by atoms with Crippen LogP contribution < -0.4 is 0 Å².